The lowest BCUT2D eigenvalue weighted by Crippen LogP contribution is -2.36. The highest BCUT2D eigenvalue weighted by Crippen LogP contribution is 2.26. The summed E-state index contributed by atoms with van der Waals surface area (Å²) in [6.45, 7) is 5.34. The van der Waals surface area contributed by atoms with Gasteiger partial charge >= 0.3 is 5.69 Å². The van der Waals surface area contributed by atoms with Crippen molar-refractivity contribution in [2.75, 3.05) is 19.6 Å². The van der Waals surface area contributed by atoms with Crippen molar-refractivity contribution in [1.29, 1.82) is 0 Å². The van der Waals surface area contributed by atoms with Gasteiger partial charge in [-0.2, -0.15) is 0 Å². The topological polar surface area (TPSA) is 75.9 Å². The van der Waals surface area contributed by atoms with E-state index in [1.807, 2.05) is 0 Å². The number of H-pyrrole nitrogens is 1. The molecule has 21 heavy (non-hydrogen) atoms. The summed E-state index contributed by atoms with van der Waals surface area (Å²) in [5, 5.41) is 0. The quantitative estimate of drug-likeness (QED) is 0.855. The first-order chi connectivity index (χ1) is 10.0. The number of imidazole rings is 1. The molecule has 1 N–H and O–H groups in total. The van der Waals surface area contributed by atoms with Gasteiger partial charge < -0.3 is 9.88 Å². The first kappa shape index (κ1) is 14.1. The molecule has 0 aliphatic carbocycles. The summed E-state index contributed by atoms with van der Waals surface area (Å²) in [5.74, 6) is 1.17. The summed E-state index contributed by atoms with van der Waals surface area (Å²) in [5.41, 5.74) is 0.229. The van der Waals surface area contributed by atoms with Gasteiger partial charge in [-0.15, -0.1) is 0 Å². The Hall–Kier alpha value is -1.89. The minimum atomic E-state index is -0.341. The summed E-state index contributed by atoms with van der Waals surface area (Å²) in [6, 6.07) is 0. The van der Waals surface area contributed by atoms with Crippen molar-refractivity contribution < 1.29 is 0 Å². The SMILES string of the molecule is CCN1CCC(c2nc3c([nH]2)c(=O)n(C)c(=O)n3C)CC1. The number of likely N-dealkylation sites (tertiary alicyclic amines) is 1. The van der Waals surface area contributed by atoms with Gasteiger partial charge in [-0.25, -0.2) is 9.78 Å². The molecule has 7 heteroatoms. The zero-order chi connectivity index (χ0) is 15.1. The van der Waals surface area contributed by atoms with E-state index in [9.17, 15) is 9.59 Å². The van der Waals surface area contributed by atoms with E-state index in [1.54, 1.807) is 7.05 Å². The lowest BCUT2D eigenvalue weighted by Gasteiger charge is -2.29. The molecule has 1 aliphatic heterocycles. The van der Waals surface area contributed by atoms with Gasteiger partial charge in [-0.05, 0) is 32.5 Å². The van der Waals surface area contributed by atoms with Crippen LogP contribution in [0.4, 0.5) is 0 Å². The molecule has 2 aromatic rings. The van der Waals surface area contributed by atoms with Gasteiger partial charge in [0.2, 0.25) is 0 Å². The summed E-state index contributed by atoms with van der Waals surface area (Å²) < 4.78 is 2.54. The van der Waals surface area contributed by atoms with Crippen molar-refractivity contribution in [3.8, 4) is 0 Å². The number of fused-ring (bicyclic) bond motifs is 1. The third-order valence-electron chi connectivity index (χ3n) is 4.53. The van der Waals surface area contributed by atoms with Crippen LogP contribution in [-0.4, -0.2) is 43.6 Å². The van der Waals surface area contributed by atoms with Crippen LogP contribution >= 0.6 is 0 Å². The number of nitrogens with one attached hydrogen (secondary N) is 1. The average Bonchev–Trinajstić information content (AvgIpc) is 2.96. The fourth-order valence-corrected chi connectivity index (χ4v) is 3.06. The maximum Gasteiger partial charge on any atom is 0.332 e. The summed E-state index contributed by atoms with van der Waals surface area (Å²) in [7, 11) is 3.14. The third-order valence-corrected chi connectivity index (χ3v) is 4.53. The molecule has 3 heterocycles. The van der Waals surface area contributed by atoms with E-state index in [4.69, 9.17) is 0 Å². The molecule has 7 nitrogen and oxygen atoms in total. The van der Waals surface area contributed by atoms with Crippen molar-refractivity contribution in [1.82, 2.24) is 24.0 Å². The number of aromatic nitrogens is 4. The first-order valence-corrected chi connectivity index (χ1v) is 7.41. The molecule has 0 amide bonds. The minimum Gasteiger partial charge on any atom is -0.336 e. The highest BCUT2D eigenvalue weighted by Gasteiger charge is 2.23. The minimum absolute atomic E-state index is 0.308. The number of hydrogen-bond acceptors (Lipinski definition) is 4. The number of aryl methyl sites for hydroxylation is 1. The van der Waals surface area contributed by atoms with E-state index in [1.165, 1.54) is 11.6 Å². The number of aromatic amines is 1. The molecule has 0 spiro atoms. The predicted octanol–water partition coefficient (Wildman–Crippen LogP) is 0.160. The van der Waals surface area contributed by atoms with Crippen LogP contribution in [0.3, 0.4) is 0 Å². The van der Waals surface area contributed by atoms with Gasteiger partial charge in [0, 0.05) is 20.0 Å². The molecule has 1 aliphatic rings. The summed E-state index contributed by atoms with van der Waals surface area (Å²) >= 11 is 0. The number of nitrogens with zero attached hydrogens (tertiary/aromatic N) is 4. The Morgan fingerprint density at radius 3 is 2.48 bits per heavy atom. The van der Waals surface area contributed by atoms with E-state index in [0.29, 0.717) is 17.1 Å². The Bertz CT molecular complexity index is 777. The van der Waals surface area contributed by atoms with Gasteiger partial charge in [0.25, 0.3) is 5.56 Å². The van der Waals surface area contributed by atoms with Crippen molar-refractivity contribution >= 4 is 11.2 Å². The lowest BCUT2D eigenvalue weighted by molar-refractivity contribution is 0.219. The van der Waals surface area contributed by atoms with Crippen molar-refractivity contribution in [3.05, 3.63) is 26.7 Å². The molecule has 0 bridgehead atoms. The van der Waals surface area contributed by atoms with Crippen LogP contribution in [0.5, 0.6) is 0 Å². The standard InChI is InChI=1S/C14H21N5O2/c1-4-19-7-5-9(6-8-19)11-15-10-12(16-11)17(2)14(21)18(3)13(10)20/h9H,4-8H2,1-3H3,(H,15,16). The highest BCUT2D eigenvalue weighted by atomic mass is 16.2. The van der Waals surface area contributed by atoms with Crippen LogP contribution in [0.2, 0.25) is 0 Å². The Balaban J connectivity index is 2.03. The third kappa shape index (κ3) is 2.21. The molecule has 0 radical (unpaired) electrons. The van der Waals surface area contributed by atoms with E-state index in [0.717, 1.165) is 42.9 Å². The maximum atomic E-state index is 12.2. The average molecular weight is 291 g/mol. The summed E-state index contributed by atoms with van der Waals surface area (Å²) in [4.78, 5) is 34.2. The second kappa shape index (κ2) is 5.14. The summed E-state index contributed by atoms with van der Waals surface area (Å²) in [6.07, 6.45) is 2.06. The molecular formula is C14H21N5O2. The first-order valence-electron chi connectivity index (χ1n) is 7.41. The second-order valence-electron chi connectivity index (χ2n) is 5.73. The van der Waals surface area contributed by atoms with Crippen molar-refractivity contribution in [2.24, 2.45) is 14.1 Å². The monoisotopic (exact) mass is 291 g/mol. The van der Waals surface area contributed by atoms with Crippen LogP contribution in [0.15, 0.2) is 9.59 Å². The van der Waals surface area contributed by atoms with Gasteiger partial charge in [-0.1, -0.05) is 6.92 Å². The van der Waals surface area contributed by atoms with Crippen molar-refractivity contribution in [2.45, 2.75) is 25.7 Å². The van der Waals surface area contributed by atoms with Crippen LogP contribution < -0.4 is 11.2 Å². The van der Waals surface area contributed by atoms with Gasteiger partial charge in [0.05, 0.1) is 0 Å². The molecule has 0 atom stereocenters. The van der Waals surface area contributed by atoms with Crippen LogP contribution in [0.25, 0.3) is 11.2 Å². The lowest BCUT2D eigenvalue weighted by atomic mass is 9.96. The molecule has 1 fully saturated rings. The fraction of sp³-hybridized carbons (Fsp3) is 0.643. The molecule has 0 aromatic carbocycles. The normalized spacial score (nSPS) is 17.7. The van der Waals surface area contributed by atoms with E-state index in [2.05, 4.69) is 21.8 Å². The molecule has 0 unspecified atom stereocenters. The number of piperidine rings is 1. The largest absolute Gasteiger partial charge is 0.336 e. The van der Waals surface area contributed by atoms with E-state index in [-0.39, 0.29) is 11.2 Å². The number of rotatable bonds is 2. The van der Waals surface area contributed by atoms with Gasteiger partial charge in [-0.3, -0.25) is 13.9 Å². The smallest absolute Gasteiger partial charge is 0.332 e. The number of hydrogen-bond donors (Lipinski definition) is 1. The van der Waals surface area contributed by atoms with E-state index >= 15 is 0 Å². The van der Waals surface area contributed by atoms with Crippen LogP contribution in [0.1, 0.15) is 31.5 Å². The zero-order valence-corrected chi connectivity index (χ0v) is 12.7. The highest BCUT2D eigenvalue weighted by molar-refractivity contribution is 5.69. The predicted molar refractivity (Wildman–Crippen MR) is 80.7 cm³/mol. The van der Waals surface area contributed by atoms with Gasteiger partial charge in [0.15, 0.2) is 5.65 Å². The Kier molecular flexibility index (Phi) is 3.44. The Morgan fingerprint density at radius 2 is 1.86 bits per heavy atom. The molecule has 114 valence electrons. The molecule has 2 aromatic heterocycles. The van der Waals surface area contributed by atoms with Gasteiger partial charge in [0.1, 0.15) is 11.3 Å². The Morgan fingerprint density at radius 1 is 1.19 bits per heavy atom. The zero-order valence-electron chi connectivity index (χ0n) is 12.7. The molecule has 3 rings (SSSR count). The van der Waals surface area contributed by atoms with E-state index < -0.39 is 0 Å². The maximum absolute atomic E-state index is 12.2. The fourth-order valence-electron chi connectivity index (χ4n) is 3.06. The Labute approximate surface area is 122 Å². The van der Waals surface area contributed by atoms with Crippen LogP contribution in [-0.2, 0) is 14.1 Å². The van der Waals surface area contributed by atoms with Crippen molar-refractivity contribution in [3.63, 3.8) is 0 Å². The molecular weight excluding hydrogens is 270 g/mol. The molecule has 1 saturated heterocycles. The second-order valence-corrected chi connectivity index (χ2v) is 5.73. The molecule has 0 saturated carbocycles. The van der Waals surface area contributed by atoms with Crippen LogP contribution in [0, 0.1) is 0 Å².